The summed E-state index contributed by atoms with van der Waals surface area (Å²) in [4.78, 5) is 13.7. The van der Waals surface area contributed by atoms with Gasteiger partial charge >= 0.3 is 0 Å². The maximum Gasteiger partial charge on any atom is 0.253 e. The summed E-state index contributed by atoms with van der Waals surface area (Å²) in [5, 5.41) is 10.9. The van der Waals surface area contributed by atoms with E-state index in [0.29, 0.717) is 31.0 Å². The molecule has 0 aromatic heterocycles. The van der Waals surface area contributed by atoms with Gasteiger partial charge in [0.2, 0.25) is 11.2 Å². The minimum absolute atomic E-state index is 0.216. The van der Waals surface area contributed by atoms with Gasteiger partial charge in [0.05, 0.1) is 13.2 Å². The number of halogens is 1. The first-order chi connectivity index (χ1) is 13.5. The molecule has 8 nitrogen and oxygen atoms in total. The van der Waals surface area contributed by atoms with Gasteiger partial charge in [0.1, 0.15) is 30.3 Å². The van der Waals surface area contributed by atoms with Crippen LogP contribution in [-0.2, 0) is 20.7 Å². The van der Waals surface area contributed by atoms with E-state index in [1.54, 1.807) is 18.2 Å². The van der Waals surface area contributed by atoms with Crippen LogP contribution >= 0.6 is 0 Å². The molecule has 0 bridgehead atoms. The number of carbonyl (C=O) groups is 1. The molecule has 4 rings (SSSR count). The Labute approximate surface area is 163 Å². The number of phenolic OH excluding ortho intramolecular Hbond substituents is 1. The molecule has 0 aliphatic carbocycles. The lowest BCUT2D eigenvalue weighted by Gasteiger charge is -2.26. The van der Waals surface area contributed by atoms with Crippen molar-refractivity contribution in [1.82, 2.24) is 9.62 Å². The molecule has 1 amide bonds. The Balaban J connectivity index is 1.56. The molecule has 2 aromatic rings. The molecule has 28 heavy (non-hydrogen) atoms. The van der Waals surface area contributed by atoms with E-state index < -0.39 is 22.9 Å². The number of fused-ring (bicyclic) bond motifs is 1. The predicted molar refractivity (Wildman–Crippen MR) is 102 cm³/mol. The van der Waals surface area contributed by atoms with Crippen LogP contribution in [0.2, 0.25) is 0 Å². The van der Waals surface area contributed by atoms with E-state index in [0.717, 1.165) is 23.9 Å². The van der Waals surface area contributed by atoms with Crippen LogP contribution < -0.4 is 13.8 Å². The van der Waals surface area contributed by atoms with E-state index in [2.05, 4.69) is 9.62 Å². The van der Waals surface area contributed by atoms with Gasteiger partial charge in [-0.3, -0.25) is 18.7 Å². The van der Waals surface area contributed by atoms with Crippen LogP contribution in [0.25, 0.3) is 10.8 Å². The fourth-order valence-corrected chi connectivity index (χ4v) is 4.23. The number of aromatic hydroxyl groups is 1. The molecule has 2 aliphatic heterocycles. The van der Waals surface area contributed by atoms with Gasteiger partial charge in [-0.15, -0.1) is 0 Å². The number of nitrogens with one attached hydrogen (secondary N) is 1. The summed E-state index contributed by atoms with van der Waals surface area (Å²) < 4.78 is 41.3. The smallest absolute Gasteiger partial charge is 0.253 e. The van der Waals surface area contributed by atoms with Gasteiger partial charge in [0.15, 0.2) is 5.82 Å². The van der Waals surface area contributed by atoms with Crippen molar-refractivity contribution >= 4 is 33.5 Å². The molecule has 1 atom stereocenters. The van der Waals surface area contributed by atoms with Crippen molar-refractivity contribution in [2.24, 2.45) is 0 Å². The third kappa shape index (κ3) is 3.75. The van der Waals surface area contributed by atoms with Gasteiger partial charge in [-0.25, -0.2) is 8.60 Å². The summed E-state index contributed by atoms with van der Waals surface area (Å²) in [6.45, 7) is 4.04. The van der Waals surface area contributed by atoms with Crippen LogP contribution in [0.5, 0.6) is 11.5 Å². The highest BCUT2D eigenvalue weighted by Gasteiger charge is 2.32. The van der Waals surface area contributed by atoms with Gasteiger partial charge in [-0.05, 0) is 23.6 Å². The minimum atomic E-state index is -1.93. The zero-order valence-electron chi connectivity index (χ0n) is 15.0. The lowest BCUT2D eigenvalue weighted by molar-refractivity contribution is -0.117. The van der Waals surface area contributed by atoms with Crippen molar-refractivity contribution < 1.29 is 28.0 Å². The number of hydrogen-bond acceptors (Lipinski definition) is 6. The third-order valence-electron chi connectivity index (χ3n) is 4.72. The zero-order chi connectivity index (χ0) is 19.7. The van der Waals surface area contributed by atoms with Gasteiger partial charge in [-0.2, -0.15) is 0 Å². The third-order valence-corrected chi connectivity index (χ3v) is 5.84. The molecule has 2 N–H and O–H groups in total. The summed E-state index contributed by atoms with van der Waals surface area (Å²) in [5.41, 5.74) is -0.269. The number of ether oxygens (including phenoxy) is 2. The highest BCUT2D eigenvalue weighted by atomic mass is 32.2. The monoisotopic (exact) mass is 409 g/mol. The number of carbonyl (C=O) groups excluding carboxylic acids is 1. The van der Waals surface area contributed by atoms with Crippen LogP contribution in [-0.4, -0.2) is 66.1 Å². The van der Waals surface area contributed by atoms with E-state index >= 15 is 4.39 Å². The van der Waals surface area contributed by atoms with Gasteiger partial charge in [-0.1, -0.05) is 6.07 Å². The summed E-state index contributed by atoms with van der Waals surface area (Å²) >= 11 is -1.93. The van der Waals surface area contributed by atoms with E-state index in [1.807, 2.05) is 0 Å². The molecule has 10 heteroatoms. The normalized spacial score (nSPS) is 20.5. The van der Waals surface area contributed by atoms with Gasteiger partial charge < -0.3 is 14.6 Å². The van der Waals surface area contributed by atoms with E-state index in [-0.39, 0.29) is 23.4 Å². The van der Waals surface area contributed by atoms with Crippen molar-refractivity contribution in [2.75, 3.05) is 50.3 Å². The second-order valence-corrected chi connectivity index (χ2v) is 7.70. The van der Waals surface area contributed by atoms with Crippen LogP contribution in [0.4, 0.5) is 10.1 Å². The maximum atomic E-state index is 15.1. The first kappa shape index (κ1) is 18.9. The highest BCUT2D eigenvalue weighted by molar-refractivity contribution is 7.85. The van der Waals surface area contributed by atoms with E-state index in [9.17, 15) is 14.1 Å². The Morgan fingerprint density at radius 1 is 1.29 bits per heavy atom. The van der Waals surface area contributed by atoms with Crippen molar-refractivity contribution in [3.05, 3.63) is 30.1 Å². The lowest BCUT2D eigenvalue weighted by Crippen LogP contribution is -2.38. The van der Waals surface area contributed by atoms with E-state index in [1.165, 1.54) is 6.07 Å². The standard InChI is InChI=1S/C18H20FN3O5S/c19-17-14-10-13(27-8-5-21-3-6-26-7-4-21)2-1-12(14)9-15(23)18(17)22-11-16(24)20-28(22)25/h1-2,9-10,23H,3-8,11H2,(H,20,24). The van der Waals surface area contributed by atoms with Crippen molar-refractivity contribution in [3.63, 3.8) is 0 Å². The second-order valence-electron chi connectivity index (χ2n) is 6.55. The van der Waals surface area contributed by atoms with Crippen LogP contribution in [0, 0.1) is 5.82 Å². The number of amides is 1. The fraction of sp³-hybridized carbons (Fsp3) is 0.389. The van der Waals surface area contributed by atoms with Crippen LogP contribution in [0.15, 0.2) is 24.3 Å². The summed E-state index contributed by atoms with van der Waals surface area (Å²) in [5.74, 6) is -1.14. The van der Waals surface area contributed by atoms with Gasteiger partial charge in [0, 0.05) is 25.0 Å². The Hall–Kier alpha value is -2.43. The first-order valence-electron chi connectivity index (χ1n) is 8.90. The quantitative estimate of drug-likeness (QED) is 0.763. The number of morpholine rings is 1. The first-order valence-corrected chi connectivity index (χ1v) is 10.0. The number of nitrogens with zero attached hydrogens (tertiary/aromatic N) is 2. The summed E-state index contributed by atoms with van der Waals surface area (Å²) in [6, 6.07) is 6.28. The molecular formula is C18H20FN3O5S. The molecular weight excluding hydrogens is 389 g/mol. The average molecular weight is 409 g/mol. The Kier molecular flexibility index (Phi) is 5.33. The average Bonchev–Trinajstić information content (AvgIpc) is 3.01. The molecule has 2 aromatic carbocycles. The largest absolute Gasteiger partial charge is 0.506 e. The molecule has 2 aliphatic rings. The van der Waals surface area contributed by atoms with E-state index in [4.69, 9.17) is 9.47 Å². The summed E-state index contributed by atoms with van der Waals surface area (Å²) in [6.07, 6.45) is 0. The fourth-order valence-electron chi connectivity index (χ4n) is 3.29. The number of hydrogen-bond donors (Lipinski definition) is 2. The summed E-state index contributed by atoms with van der Waals surface area (Å²) in [7, 11) is 0. The number of anilines is 1. The van der Waals surface area contributed by atoms with Crippen molar-refractivity contribution in [2.45, 2.75) is 0 Å². The minimum Gasteiger partial charge on any atom is -0.506 e. The predicted octanol–water partition coefficient (Wildman–Crippen LogP) is 0.910. The Bertz CT molecular complexity index is 935. The van der Waals surface area contributed by atoms with Crippen molar-refractivity contribution in [3.8, 4) is 11.5 Å². The second kappa shape index (κ2) is 7.90. The number of benzene rings is 2. The number of rotatable bonds is 5. The molecule has 150 valence electrons. The molecule has 2 heterocycles. The Morgan fingerprint density at radius 2 is 2.07 bits per heavy atom. The lowest BCUT2D eigenvalue weighted by atomic mass is 10.1. The van der Waals surface area contributed by atoms with Gasteiger partial charge in [0.25, 0.3) is 5.91 Å². The topological polar surface area (TPSA) is 91.3 Å². The maximum absolute atomic E-state index is 15.1. The zero-order valence-corrected chi connectivity index (χ0v) is 15.8. The van der Waals surface area contributed by atoms with Crippen LogP contribution in [0.3, 0.4) is 0 Å². The van der Waals surface area contributed by atoms with Crippen molar-refractivity contribution in [1.29, 1.82) is 0 Å². The molecule has 2 saturated heterocycles. The molecule has 2 fully saturated rings. The highest BCUT2D eigenvalue weighted by Crippen LogP contribution is 2.38. The SMILES string of the molecule is O=C1CN(c2c(O)cc3ccc(OCCN4CCOCC4)cc3c2F)S(=O)N1. The van der Waals surface area contributed by atoms with Crippen LogP contribution in [0.1, 0.15) is 0 Å². The Morgan fingerprint density at radius 3 is 2.79 bits per heavy atom. The molecule has 0 spiro atoms. The molecule has 1 unspecified atom stereocenters. The number of phenols is 1. The molecule has 0 radical (unpaired) electrons. The molecule has 0 saturated carbocycles.